The Balaban J connectivity index is 1.67. The van der Waals surface area contributed by atoms with Gasteiger partial charge in [0, 0.05) is 11.0 Å². The van der Waals surface area contributed by atoms with E-state index in [1.54, 1.807) is 0 Å². The number of carbonyl (C=O) groups excluding carboxylic acids is 1. The number of rotatable bonds is 6. The van der Waals surface area contributed by atoms with Gasteiger partial charge in [0.25, 0.3) is 0 Å². The van der Waals surface area contributed by atoms with E-state index in [1.165, 1.54) is 19.3 Å². The first-order valence-corrected chi connectivity index (χ1v) is 8.23. The normalized spacial score (nSPS) is 17.2. The number of nitrogens with zero attached hydrogens (tertiary/aromatic N) is 1. The lowest BCUT2D eigenvalue weighted by Crippen LogP contribution is -2.37. The third-order valence-corrected chi connectivity index (χ3v) is 4.00. The highest BCUT2D eigenvalue weighted by molar-refractivity contribution is 9.10. The number of ether oxygens (including phenoxy) is 2. The van der Waals surface area contributed by atoms with Crippen LogP contribution in [0.3, 0.4) is 0 Å². The molecule has 1 atom stereocenters. The van der Waals surface area contributed by atoms with Crippen LogP contribution < -0.4 is 4.74 Å². The zero-order chi connectivity index (χ0) is 15.1. The predicted molar refractivity (Wildman–Crippen MR) is 85.5 cm³/mol. The van der Waals surface area contributed by atoms with Gasteiger partial charge < -0.3 is 9.47 Å². The molecular weight excluding hydrogens is 334 g/mol. The largest absolute Gasteiger partial charge is 0.482 e. The van der Waals surface area contributed by atoms with Crippen LogP contribution in [0.25, 0.3) is 0 Å². The maximum absolute atomic E-state index is 11.8. The number of hydrogen-bond acceptors (Lipinski definition) is 4. The molecule has 1 aliphatic rings. The summed E-state index contributed by atoms with van der Waals surface area (Å²) in [6.07, 6.45) is 3.70. The van der Waals surface area contributed by atoms with Crippen molar-refractivity contribution >= 4 is 21.9 Å². The molecule has 5 heteroatoms. The molecule has 1 aromatic rings. The summed E-state index contributed by atoms with van der Waals surface area (Å²) in [7, 11) is 0. The number of hydrogen-bond donors (Lipinski definition) is 0. The first-order chi connectivity index (χ1) is 10.1. The Kier molecular flexibility index (Phi) is 6.51. The lowest BCUT2D eigenvalue weighted by Gasteiger charge is -2.28. The van der Waals surface area contributed by atoms with Crippen LogP contribution in [0.15, 0.2) is 28.7 Å². The van der Waals surface area contributed by atoms with Crippen molar-refractivity contribution in [3.8, 4) is 5.75 Å². The second kappa shape index (κ2) is 8.39. The van der Waals surface area contributed by atoms with Gasteiger partial charge in [0.1, 0.15) is 11.9 Å². The molecule has 1 heterocycles. The average molecular weight is 356 g/mol. The third-order valence-electron chi connectivity index (χ3n) is 3.47. The number of halogens is 1. The van der Waals surface area contributed by atoms with Crippen molar-refractivity contribution in [1.29, 1.82) is 0 Å². The number of esters is 1. The highest BCUT2D eigenvalue weighted by atomic mass is 79.9. The van der Waals surface area contributed by atoms with Crippen LogP contribution >= 0.6 is 15.9 Å². The Morgan fingerprint density at radius 3 is 2.57 bits per heavy atom. The molecule has 4 nitrogen and oxygen atoms in total. The molecule has 0 unspecified atom stereocenters. The van der Waals surface area contributed by atoms with E-state index < -0.39 is 0 Å². The van der Waals surface area contributed by atoms with Gasteiger partial charge in [-0.05, 0) is 57.1 Å². The number of benzene rings is 1. The van der Waals surface area contributed by atoms with Gasteiger partial charge in [-0.25, -0.2) is 4.79 Å². The van der Waals surface area contributed by atoms with E-state index in [-0.39, 0.29) is 18.7 Å². The molecule has 2 rings (SSSR count). The molecule has 0 aliphatic carbocycles. The summed E-state index contributed by atoms with van der Waals surface area (Å²) >= 11 is 3.35. The van der Waals surface area contributed by atoms with Crippen molar-refractivity contribution in [1.82, 2.24) is 4.90 Å². The van der Waals surface area contributed by atoms with E-state index in [4.69, 9.17) is 9.47 Å². The summed E-state index contributed by atoms with van der Waals surface area (Å²) in [6.45, 7) is 4.91. The van der Waals surface area contributed by atoms with Crippen LogP contribution in [-0.2, 0) is 9.53 Å². The molecule has 0 radical (unpaired) electrons. The monoisotopic (exact) mass is 355 g/mol. The summed E-state index contributed by atoms with van der Waals surface area (Å²) < 4.78 is 11.8. The number of piperidine rings is 1. The van der Waals surface area contributed by atoms with E-state index in [9.17, 15) is 4.79 Å². The first-order valence-electron chi connectivity index (χ1n) is 7.43. The second-order valence-electron chi connectivity index (χ2n) is 5.40. The van der Waals surface area contributed by atoms with Crippen molar-refractivity contribution < 1.29 is 14.3 Å². The highest BCUT2D eigenvalue weighted by Gasteiger charge is 2.16. The zero-order valence-electron chi connectivity index (χ0n) is 12.4. The minimum absolute atomic E-state index is 0.0496. The van der Waals surface area contributed by atoms with Gasteiger partial charge >= 0.3 is 5.97 Å². The second-order valence-corrected chi connectivity index (χ2v) is 6.32. The maximum atomic E-state index is 11.8. The fourth-order valence-electron chi connectivity index (χ4n) is 2.47. The van der Waals surface area contributed by atoms with Gasteiger partial charge in [-0.3, -0.25) is 4.90 Å². The Morgan fingerprint density at radius 2 is 1.90 bits per heavy atom. The van der Waals surface area contributed by atoms with Crippen molar-refractivity contribution in [2.45, 2.75) is 32.3 Å². The van der Waals surface area contributed by atoms with E-state index in [2.05, 4.69) is 20.8 Å². The quantitative estimate of drug-likeness (QED) is 0.734. The molecule has 0 N–H and O–H groups in total. The molecule has 0 aromatic heterocycles. The van der Waals surface area contributed by atoms with Crippen molar-refractivity contribution in [3.05, 3.63) is 28.7 Å². The molecule has 21 heavy (non-hydrogen) atoms. The van der Waals surface area contributed by atoms with Crippen LogP contribution in [0.1, 0.15) is 26.2 Å². The third kappa shape index (κ3) is 6.06. The van der Waals surface area contributed by atoms with Gasteiger partial charge in [-0.15, -0.1) is 0 Å². The number of carbonyl (C=O) groups is 1. The van der Waals surface area contributed by atoms with Crippen LogP contribution in [0.2, 0.25) is 0 Å². The minimum atomic E-state index is -0.317. The van der Waals surface area contributed by atoms with Crippen LogP contribution in [-0.4, -0.2) is 43.2 Å². The Hall–Kier alpha value is -1.07. The van der Waals surface area contributed by atoms with E-state index in [0.29, 0.717) is 5.75 Å². The summed E-state index contributed by atoms with van der Waals surface area (Å²) in [4.78, 5) is 14.1. The smallest absolute Gasteiger partial charge is 0.344 e. The van der Waals surface area contributed by atoms with Gasteiger partial charge in [0.2, 0.25) is 0 Å². The van der Waals surface area contributed by atoms with Crippen LogP contribution in [0, 0.1) is 0 Å². The molecule has 1 aromatic carbocycles. The van der Waals surface area contributed by atoms with Gasteiger partial charge in [-0.1, -0.05) is 22.4 Å². The van der Waals surface area contributed by atoms with Gasteiger partial charge in [0.15, 0.2) is 6.61 Å². The van der Waals surface area contributed by atoms with Crippen LogP contribution in [0.5, 0.6) is 5.75 Å². The molecule has 1 saturated heterocycles. The Labute approximate surface area is 134 Å². The molecule has 0 saturated carbocycles. The Morgan fingerprint density at radius 1 is 1.24 bits per heavy atom. The molecule has 0 amide bonds. The van der Waals surface area contributed by atoms with Gasteiger partial charge in [-0.2, -0.15) is 0 Å². The van der Waals surface area contributed by atoms with Crippen molar-refractivity contribution in [3.63, 3.8) is 0 Å². The lowest BCUT2D eigenvalue weighted by molar-refractivity contribution is -0.151. The zero-order valence-corrected chi connectivity index (χ0v) is 14.0. The summed E-state index contributed by atoms with van der Waals surface area (Å²) in [6, 6.07) is 7.38. The lowest BCUT2D eigenvalue weighted by atomic mass is 10.1. The van der Waals surface area contributed by atoms with E-state index >= 15 is 0 Å². The fourth-order valence-corrected chi connectivity index (χ4v) is 2.74. The minimum Gasteiger partial charge on any atom is -0.482 e. The van der Waals surface area contributed by atoms with Crippen LogP contribution in [0.4, 0.5) is 0 Å². The van der Waals surface area contributed by atoms with Gasteiger partial charge in [0.05, 0.1) is 0 Å². The van der Waals surface area contributed by atoms with Crippen molar-refractivity contribution in [2.24, 2.45) is 0 Å². The SMILES string of the molecule is C[C@@H](CN1CCCCC1)OC(=O)COc1ccc(Br)cc1. The molecule has 0 bridgehead atoms. The topological polar surface area (TPSA) is 38.8 Å². The average Bonchev–Trinajstić information content (AvgIpc) is 2.47. The molecule has 0 spiro atoms. The van der Waals surface area contributed by atoms with E-state index in [0.717, 1.165) is 24.1 Å². The molecule has 116 valence electrons. The summed E-state index contributed by atoms with van der Waals surface area (Å²) in [5, 5.41) is 0. The standard InChI is InChI=1S/C16H22BrNO3/c1-13(11-18-9-3-2-4-10-18)21-16(19)12-20-15-7-5-14(17)6-8-15/h5-8,13H,2-4,9-12H2,1H3/t13-/m0/s1. The molecule has 1 aliphatic heterocycles. The number of likely N-dealkylation sites (tertiary alicyclic amines) is 1. The summed E-state index contributed by atoms with van der Waals surface area (Å²) in [5.41, 5.74) is 0. The molecular formula is C16H22BrNO3. The highest BCUT2D eigenvalue weighted by Crippen LogP contribution is 2.16. The predicted octanol–water partition coefficient (Wildman–Crippen LogP) is 3.25. The maximum Gasteiger partial charge on any atom is 0.344 e. The van der Waals surface area contributed by atoms with E-state index in [1.807, 2.05) is 31.2 Å². The summed E-state index contributed by atoms with van der Waals surface area (Å²) in [5.74, 6) is 0.348. The van der Waals surface area contributed by atoms with Crippen molar-refractivity contribution in [2.75, 3.05) is 26.2 Å². The molecule has 1 fully saturated rings. The Bertz CT molecular complexity index is 443. The first kappa shape index (κ1) is 16.3. The fraction of sp³-hybridized carbons (Fsp3) is 0.562.